The lowest BCUT2D eigenvalue weighted by Crippen LogP contribution is -2.51. The van der Waals surface area contributed by atoms with E-state index in [1.165, 1.54) is 12.1 Å². The third kappa shape index (κ3) is 6.64. The van der Waals surface area contributed by atoms with Crippen molar-refractivity contribution < 1.29 is 14.0 Å². The Morgan fingerprint density at radius 2 is 1.47 bits per heavy atom. The van der Waals surface area contributed by atoms with Crippen molar-refractivity contribution in [2.45, 2.75) is 25.4 Å². The molecule has 4 nitrogen and oxygen atoms in total. The van der Waals surface area contributed by atoms with E-state index in [1.54, 1.807) is 23.1 Å². The predicted molar refractivity (Wildman–Crippen MR) is 124 cm³/mol. The molecule has 0 aliphatic heterocycles. The van der Waals surface area contributed by atoms with Gasteiger partial charge < -0.3 is 10.2 Å². The van der Waals surface area contributed by atoms with E-state index >= 15 is 0 Å². The lowest BCUT2D eigenvalue weighted by molar-refractivity contribution is -0.140. The van der Waals surface area contributed by atoms with Gasteiger partial charge in [-0.15, -0.1) is 6.58 Å². The van der Waals surface area contributed by atoms with Crippen molar-refractivity contribution in [3.05, 3.63) is 120 Å². The molecular formula is C27H27FN2O2. The quantitative estimate of drug-likeness (QED) is 0.487. The zero-order valence-corrected chi connectivity index (χ0v) is 17.9. The van der Waals surface area contributed by atoms with Crippen molar-refractivity contribution in [1.29, 1.82) is 0 Å². The van der Waals surface area contributed by atoms with Crippen LogP contribution in [0.1, 0.15) is 16.7 Å². The minimum atomic E-state index is -0.724. The monoisotopic (exact) mass is 430 g/mol. The minimum Gasteiger partial charge on any atom is -0.351 e. The first-order valence-corrected chi connectivity index (χ1v) is 10.6. The Morgan fingerprint density at radius 3 is 2.06 bits per heavy atom. The number of hydrogen-bond donors (Lipinski definition) is 1. The summed E-state index contributed by atoms with van der Waals surface area (Å²) in [5.41, 5.74) is 2.57. The molecule has 32 heavy (non-hydrogen) atoms. The fourth-order valence-electron chi connectivity index (χ4n) is 3.50. The minimum absolute atomic E-state index is 0.169. The number of carbonyl (C=O) groups excluding carboxylic acids is 2. The zero-order chi connectivity index (χ0) is 22.8. The summed E-state index contributed by atoms with van der Waals surface area (Å²) in [5, 5.41) is 2.84. The summed E-state index contributed by atoms with van der Waals surface area (Å²) >= 11 is 0. The van der Waals surface area contributed by atoms with Crippen molar-refractivity contribution in [3.8, 4) is 0 Å². The molecule has 3 aromatic carbocycles. The van der Waals surface area contributed by atoms with Gasteiger partial charge in [0.25, 0.3) is 0 Å². The molecule has 0 saturated heterocycles. The second-order valence-corrected chi connectivity index (χ2v) is 7.55. The Balaban J connectivity index is 1.93. The maximum absolute atomic E-state index is 13.4. The third-order valence-electron chi connectivity index (χ3n) is 5.16. The average Bonchev–Trinajstić information content (AvgIpc) is 2.82. The zero-order valence-electron chi connectivity index (χ0n) is 17.9. The van der Waals surface area contributed by atoms with Crippen LogP contribution in [0.25, 0.3) is 0 Å². The topological polar surface area (TPSA) is 49.4 Å². The third-order valence-corrected chi connectivity index (χ3v) is 5.16. The van der Waals surface area contributed by atoms with Crippen LogP contribution in [0.2, 0.25) is 0 Å². The molecule has 164 valence electrons. The second-order valence-electron chi connectivity index (χ2n) is 7.55. The van der Waals surface area contributed by atoms with Gasteiger partial charge in [0, 0.05) is 19.5 Å². The van der Waals surface area contributed by atoms with E-state index in [9.17, 15) is 14.0 Å². The number of carbonyl (C=O) groups is 2. The van der Waals surface area contributed by atoms with E-state index in [-0.39, 0.29) is 30.6 Å². The van der Waals surface area contributed by atoms with E-state index in [0.29, 0.717) is 13.0 Å². The van der Waals surface area contributed by atoms with Crippen molar-refractivity contribution in [2.24, 2.45) is 0 Å². The first kappa shape index (κ1) is 22.9. The van der Waals surface area contributed by atoms with Gasteiger partial charge in [0.1, 0.15) is 11.9 Å². The standard InChI is InChI=1S/C27H27FN2O2/c1-2-17-29-27(32)25(18-21-9-5-3-6-10-21)30(20-23-13-15-24(28)16-14-23)26(31)19-22-11-7-4-8-12-22/h2-16,25H,1,17-20H2,(H,29,32). The van der Waals surface area contributed by atoms with E-state index in [2.05, 4.69) is 11.9 Å². The maximum atomic E-state index is 13.4. The Hall–Kier alpha value is -3.73. The fraction of sp³-hybridized carbons (Fsp3) is 0.185. The molecule has 0 aromatic heterocycles. The highest BCUT2D eigenvalue weighted by molar-refractivity contribution is 5.88. The molecule has 5 heteroatoms. The largest absolute Gasteiger partial charge is 0.351 e. The number of amides is 2. The molecule has 0 saturated carbocycles. The summed E-state index contributed by atoms with van der Waals surface area (Å²) in [4.78, 5) is 28.2. The molecule has 1 N–H and O–H groups in total. The summed E-state index contributed by atoms with van der Waals surface area (Å²) in [6.07, 6.45) is 2.14. The smallest absolute Gasteiger partial charge is 0.243 e. The van der Waals surface area contributed by atoms with Crippen molar-refractivity contribution >= 4 is 11.8 Å². The summed E-state index contributed by atoms with van der Waals surface area (Å²) in [7, 11) is 0. The number of hydrogen-bond acceptors (Lipinski definition) is 2. The van der Waals surface area contributed by atoms with Gasteiger partial charge >= 0.3 is 0 Å². The highest BCUT2D eigenvalue weighted by Crippen LogP contribution is 2.17. The van der Waals surface area contributed by atoms with Crippen LogP contribution in [-0.4, -0.2) is 29.3 Å². The first-order chi connectivity index (χ1) is 15.6. The molecule has 2 amide bonds. The average molecular weight is 431 g/mol. The lowest BCUT2D eigenvalue weighted by atomic mass is 10.0. The normalized spacial score (nSPS) is 11.4. The Kier molecular flexibility index (Phi) is 8.32. The molecule has 0 spiro atoms. The Labute approximate surface area is 188 Å². The molecular weight excluding hydrogens is 403 g/mol. The Morgan fingerprint density at radius 1 is 0.875 bits per heavy atom. The van der Waals surface area contributed by atoms with Gasteiger partial charge in [0.05, 0.1) is 6.42 Å². The lowest BCUT2D eigenvalue weighted by Gasteiger charge is -2.31. The molecule has 0 radical (unpaired) electrons. The van der Waals surface area contributed by atoms with Crippen LogP contribution in [-0.2, 0) is 29.0 Å². The van der Waals surface area contributed by atoms with Crippen LogP contribution < -0.4 is 5.32 Å². The highest BCUT2D eigenvalue weighted by Gasteiger charge is 2.30. The summed E-state index contributed by atoms with van der Waals surface area (Å²) < 4.78 is 13.4. The molecule has 0 aliphatic rings. The molecule has 0 aliphatic carbocycles. The fourth-order valence-corrected chi connectivity index (χ4v) is 3.50. The van der Waals surface area contributed by atoms with E-state index in [4.69, 9.17) is 0 Å². The number of halogens is 1. The van der Waals surface area contributed by atoms with Crippen molar-refractivity contribution in [1.82, 2.24) is 10.2 Å². The van der Waals surface area contributed by atoms with Crippen LogP contribution in [0, 0.1) is 5.82 Å². The molecule has 3 rings (SSSR count). The van der Waals surface area contributed by atoms with Gasteiger partial charge in [-0.05, 0) is 28.8 Å². The Bertz CT molecular complexity index is 1020. The second kappa shape index (κ2) is 11.6. The molecule has 0 bridgehead atoms. The first-order valence-electron chi connectivity index (χ1n) is 10.6. The van der Waals surface area contributed by atoms with Gasteiger partial charge in [-0.25, -0.2) is 4.39 Å². The summed E-state index contributed by atoms with van der Waals surface area (Å²) in [5.74, 6) is -0.770. The molecule has 0 fully saturated rings. The maximum Gasteiger partial charge on any atom is 0.243 e. The number of rotatable bonds is 10. The van der Waals surface area contributed by atoms with Crippen LogP contribution in [0.15, 0.2) is 97.6 Å². The van der Waals surface area contributed by atoms with Crippen molar-refractivity contribution in [3.63, 3.8) is 0 Å². The molecule has 3 aromatic rings. The van der Waals surface area contributed by atoms with Gasteiger partial charge in [-0.2, -0.15) is 0 Å². The van der Waals surface area contributed by atoms with E-state index in [0.717, 1.165) is 16.7 Å². The predicted octanol–water partition coefficient (Wildman–Crippen LogP) is 4.31. The van der Waals surface area contributed by atoms with Crippen LogP contribution in [0.3, 0.4) is 0 Å². The molecule has 1 atom stereocenters. The van der Waals surface area contributed by atoms with Crippen LogP contribution in [0.4, 0.5) is 4.39 Å². The van der Waals surface area contributed by atoms with E-state index in [1.807, 2.05) is 60.7 Å². The summed E-state index contributed by atoms with van der Waals surface area (Å²) in [6.45, 7) is 4.16. The summed E-state index contributed by atoms with van der Waals surface area (Å²) in [6, 6.07) is 24.3. The van der Waals surface area contributed by atoms with Gasteiger partial charge in [-0.1, -0.05) is 78.9 Å². The molecule has 1 unspecified atom stereocenters. The van der Waals surface area contributed by atoms with Gasteiger partial charge in [0.15, 0.2) is 0 Å². The number of nitrogens with zero attached hydrogens (tertiary/aromatic N) is 1. The number of nitrogens with one attached hydrogen (secondary N) is 1. The van der Waals surface area contributed by atoms with E-state index < -0.39 is 6.04 Å². The highest BCUT2D eigenvalue weighted by atomic mass is 19.1. The van der Waals surface area contributed by atoms with Crippen LogP contribution >= 0.6 is 0 Å². The number of benzene rings is 3. The van der Waals surface area contributed by atoms with Gasteiger partial charge in [-0.3, -0.25) is 9.59 Å². The van der Waals surface area contributed by atoms with Crippen molar-refractivity contribution in [2.75, 3.05) is 6.54 Å². The van der Waals surface area contributed by atoms with Crippen LogP contribution in [0.5, 0.6) is 0 Å². The van der Waals surface area contributed by atoms with Gasteiger partial charge in [0.2, 0.25) is 11.8 Å². The molecule has 0 heterocycles. The SMILES string of the molecule is C=CCNC(=O)C(Cc1ccccc1)N(Cc1ccc(F)cc1)C(=O)Cc1ccccc1.